The number of aryl methyl sites for hydroxylation is 1. The fourth-order valence-corrected chi connectivity index (χ4v) is 2.97. The Balaban J connectivity index is 1.84. The lowest BCUT2D eigenvalue weighted by Crippen LogP contribution is -2.20. The molecule has 1 N–H and O–H groups in total. The van der Waals surface area contributed by atoms with E-state index in [0.717, 1.165) is 29.7 Å². The first-order chi connectivity index (χ1) is 12.5. The summed E-state index contributed by atoms with van der Waals surface area (Å²) >= 11 is 0. The predicted molar refractivity (Wildman–Crippen MR) is 109 cm³/mol. The molecule has 0 aliphatic carbocycles. The van der Waals surface area contributed by atoms with Gasteiger partial charge in [0.05, 0.1) is 0 Å². The number of nitrogens with zero attached hydrogens (tertiary/aromatic N) is 3. The Kier molecular flexibility index (Phi) is 5.52. The van der Waals surface area contributed by atoms with Crippen molar-refractivity contribution in [2.24, 2.45) is 0 Å². The minimum absolute atomic E-state index is 0.446. The SMILES string of the molecule is Cc1cc(Nc2ccccc2C(C)C)nc(N(C)Cc2ccccc2)n1. The van der Waals surface area contributed by atoms with Crippen LogP contribution >= 0.6 is 0 Å². The second-order valence-electron chi connectivity index (χ2n) is 6.90. The molecule has 0 amide bonds. The summed E-state index contributed by atoms with van der Waals surface area (Å²) in [5.41, 5.74) is 4.56. The molecule has 0 spiro atoms. The number of anilines is 3. The Hall–Kier alpha value is -2.88. The summed E-state index contributed by atoms with van der Waals surface area (Å²) < 4.78 is 0. The van der Waals surface area contributed by atoms with Gasteiger partial charge in [-0.15, -0.1) is 0 Å². The van der Waals surface area contributed by atoms with Crippen LogP contribution in [0.1, 0.15) is 36.6 Å². The molecule has 0 saturated carbocycles. The van der Waals surface area contributed by atoms with Gasteiger partial charge in [-0.1, -0.05) is 62.4 Å². The number of aromatic nitrogens is 2. The molecule has 0 aliphatic rings. The molecule has 4 nitrogen and oxygen atoms in total. The second kappa shape index (κ2) is 8.00. The number of hydrogen-bond acceptors (Lipinski definition) is 4. The van der Waals surface area contributed by atoms with Gasteiger partial charge >= 0.3 is 0 Å². The Morgan fingerprint density at radius 1 is 0.962 bits per heavy atom. The predicted octanol–water partition coefficient (Wildman–Crippen LogP) is 5.29. The molecule has 3 rings (SSSR count). The zero-order valence-corrected chi connectivity index (χ0v) is 15.9. The first kappa shape index (κ1) is 17.9. The van der Waals surface area contributed by atoms with Crippen molar-refractivity contribution in [2.45, 2.75) is 33.2 Å². The molecule has 26 heavy (non-hydrogen) atoms. The molecule has 0 bridgehead atoms. The minimum atomic E-state index is 0.446. The molecule has 4 heteroatoms. The van der Waals surface area contributed by atoms with Crippen molar-refractivity contribution in [1.29, 1.82) is 0 Å². The van der Waals surface area contributed by atoms with Crippen LogP contribution in [0.4, 0.5) is 17.5 Å². The molecule has 0 radical (unpaired) electrons. The maximum Gasteiger partial charge on any atom is 0.227 e. The highest BCUT2D eigenvalue weighted by Gasteiger charge is 2.11. The van der Waals surface area contributed by atoms with Crippen molar-refractivity contribution in [1.82, 2.24) is 9.97 Å². The maximum absolute atomic E-state index is 4.73. The van der Waals surface area contributed by atoms with Crippen molar-refractivity contribution in [2.75, 3.05) is 17.3 Å². The average molecular weight is 346 g/mol. The molecule has 0 saturated heterocycles. The van der Waals surface area contributed by atoms with Crippen LogP contribution in [0.2, 0.25) is 0 Å². The standard InChI is InChI=1S/C22H26N4/c1-16(2)19-12-8-9-13-20(19)24-21-14-17(3)23-22(25-21)26(4)15-18-10-6-5-7-11-18/h5-14,16H,15H2,1-4H3,(H,23,24,25). The summed E-state index contributed by atoms with van der Waals surface area (Å²) in [7, 11) is 2.02. The molecule has 0 fully saturated rings. The monoisotopic (exact) mass is 346 g/mol. The highest BCUT2D eigenvalue weighted by atomic mass is 15.2. The van der Waals surface area contributed by atoms with E-state index < -0.39 is 0 Å². The van der Waals surface area contributed by atoms with E-state index in [-0.39, 0.29) is 0 Å². The van der Waals surface area contributed by atoms with E-state index in [4.69, 9.17) is 4.98 Å². The van der Waals surface area contributed by atoms with Crippen molar-refractivity contribution in [3.63, 3.8) is 0 Å². The van der Waals surface area contributed by atoms with Crippen LogP contribution in [-0.2, 0) is 6.54 Å². The van der Waals surface area contributed by atoms with Crippen LogP contribution in [0.3, 0.4) is 0 Å². The third-order valence-corrected chi connectivity index (χ3v) is 4.29. The van der Waals surface area contributed by atoms with Crippen molar-refractivity contribution >= 4 is 17.5 Å². The fourth-order valence-electron chi connectivity index (χ4n) is 2.97. The van der Waals surface area contributed by atoms with Crippen LogP contribution < -0.4 is 10.2 Å². The van der Waals surface area contributed by atoms with E-state index in [0.29, 0.717) is 5.92 Å². The van der Waals surface area contributed by atoms with Crippen molar-refractivity contribution in [3.8, 4) is 0 Å². The van der Waals surface area contributed by atoms with Crippen molar-refractivity contribution < 1.29 is 0 Å². The quantitative estimate of drug-likeness (QED) is 0.658. The molecule has 1 heterocycles. The molecular formula is C22H26N4. The highest BCUT2D eigenvalue weighted by Crippen LogP contribution is 2.27. The summed E-state index contributed by atoms with van der Waals surface area (Å²) in [5, 5.41) is 3.48. The Bertz CT molecular complexity index is 859. The summed E-state index contributed by atoms with van der Waals surface area (Å²) in [5.74, 6) is 1.99. The van der Waals surface area contributed by atoms with Gasteiger partial charge in [-0.25, -0.2) is 4.98 Å². The van der Waals surface area contributed by atoms with Gasteiger partial charge in [-0.05, 0) is 30.0 Å². The van der Waals surface area contributed by atoms with Crippen LogP contribution in [-0.4, -0.2) is 17.0 Å². The Labute approximate surface area is 155 Å². The fraction of sp³-hybridized carbons (Fsp3) is 0.273. The Morgan fingerprint density at radius 3 is 2.38 bits per heavy atom. The first-order valence-electron chi connectivity index (χ1n) is 8.99. The number of rotatable bonds is 6. The van der Waals surface area contributed by atoms with E-state index in [1.54, 1.807) is 0 Å². The van der Waals surface area contributed by atoms with Crippen molar-refractivity contribution in [3.05, 3.63) is 77.5 Å². The second-order valence-corrected chi connectivity index (χ2v) is 6.90. The summed E-state index contributed by atoms with van der Waals surface area (Å²) in [6, 6.07) is 20.7. The minimum Gasteiger partial charge on any atom is -0.340 e. The van der Waals surface area contributed by atoms with E-state index in [9.17, 15) is 0 Å². The molecule has 1 aromatic heterocycles. The van der Waals surface area contributed by atoms with E-state index in [1.807, 2.05) is 32.2 Å². The molecule has 0 aliphatic heterocycles. The highest BCUT2D eigenvalue weighted by molar-refractivity contribution is 5.62. The van der Waals surface area contributed by atoms with Gasteiger partial charge < -0.3 is 10.2 Å². The van der Waals surface area contributed by atoms with Gasteiger partial charge in [-0.3, -0.25) is 0 Å². The third-order valence-electron chi connectivity index (χ3n) is 4.29. The van der Waals surface area contributed by atoms with Gasteiger partial charge in [0.2, 0.25) is 5.95 Å². The van der Waals surface area contributed by atoms with Gasteiger partial charge in [0.1, 0.15) is 5.82 Å². The van der Waals surface area contributed by atoms with Gasteiger partial charge in [0.25, 0.3) is 0 Å². The molecular weight excluding hydrogens is 320 g/mol. The average Bonchev–Trinajstić information content (AvgIpc) is 2.62. The van der Waals surface area contributed by atoms with Gasteiger partial charge in [-0.2, -0.15) is 4.98 Å². The molecule has 2 aromatic carbocycles. The normalized spacial score (nSPS) is 10.8. The zero-order chi connectivity index (χ0) is 18.5. The number of nitrogens with one attached hydrogen (secondary N) is 1. The third kappa shape index (κ3) is 4.39. The maximum atomic E-state index is 4.73. The largest absolute Gasteiger partial charge is 0.340 e. The van der Waals surface area contributed by atoms with E-state index >= 15 is 0 Å². The number of para-hydroxylation sites is 1. The number of hydrogen-bond donors (Lipinski definition) is 1. The zero-order valence-electron chi connectivity index (χ0n) is 15.9. The lowest BCUT2D eigenvalue weighted by atomic mass is 10.0. The van der Waals surface area contributed by atoms with Crippen LogP contribution in [0.15, 0.2) is 60.7 Å². The number of benzene rings is 2. The first-order valence-corrected chi connectivity index (χ1v) is 8.99. The molecule has 134 valence electrons. The van der Waals surface area contributed by atoms with Crippen LogP contribution in [0.5, 0.6) is 0 Å². The van der Waals surface area contributed by atoms with E-state index in [2.05, 4.69) is 71.5 Å². The van der Waals surface area contributed by atoms with Gasteiger partial charge in [0.15, 0.2) is 0 Å². The topological polar surface area (TPSA) is 41.1 Å². The molecule has 3 aromatic rings. The lowest BCUT2D eigenvalue weighted by molar-refractivity contribution is 0.858. The molecule has 0 atom stereocenters. The summed E-state index contributed by atoms with van der Waals surface area (Å²) in [6.07, 6.45) is 0. The van der Waals surface area contributed by atoms with Crippen LogP contribution in [0.25, 0.3) is 0 Å². The lowest BCUT2D eigenvalue weighted by Gasteiger charge is -2.19. The van der Waals surface area contributed by atoms with Gasteiger partial charge in [0, 0.05) is 31.0 Å². The summed E-state index contributed by atoms with van der Waals surface area (Å²) in [4.78, 5) is 11.4. The molecule has 0 unspecified atom stereocenters. The Morgan fingerprint density at radius 2 is 1.65 bits per heavy atom. The van der Waals surface area contributed by atoms with E-state index in [1.165, 1.54) is 11.1 Å². The smallest absolute Gasteiger partial charge is 0.227 e. The van der Waals surface area contributed by atoms with Crippen LogP contribution in [0, 0.1) is 6.92 Å². The summed E-state index contributed by atoms with van der Waals surface area (Å²) in [6.45, 7) is 7.17.